The van der Waals surface area contributed by atoms with E-state index in [2.05, 4.69) is 23.3 Å². The third-order valence-corrected chi connectivity index (χ3v) is 1.71. The molecule has 0 aromatic heterocycles. The van der Waals surface area contributed by atoms with Gasteiger partial charge in [-0.05, 0) is 0 Å². The van der Waals surface area contributed by atoms with Crippen LogP contribution in [0, 0.1) is 0 Å². The fourth-order valence-electron chi connectivity index (χ4n) is 0.579. The first-order valence-electron chi connectivity index (χ1n) is 3.87. The molecular formula is C7H12N3O3S. The number of carbonyl (C=O) groups excluding carboxylic acids is 3. The SMILES string of the molecule is N[C@@H](CS)C(=O)NCC(=O)NC[C]=O. The molecule has 1 atom stereocenters. The minimum Gasteiger partial charge on any atom is -0.347 e. The number of hydrogen-bond acceptors (Lipinski definition) is 5. The molecule has 0 aromatic carbocycles. The van der Waals surface area contributed by atoms with Crippen LogP contribution < -0.4 is 16.4 Å². The third kappa shape index (κ3) is 5.55. The molecule has 0 aromatic rings. The molecule has 0 aliphatic heterocycles. The van der Waals surface area contributed by atoms with Crippen molar-refractivity contribution in [2.45, 2.75) is 6.04 Å². The van der Waals surface area contributed by atoms with Crippen molar-refractivity contribution < 1.29 is 14.4 Å². The zero-order valence-electron chi connectivity index (χ0n) is 7.45. The van der Waals surface area contributed by atoms with Gasteiger partial charge in [-0.2, -0.15) is 12.6 Å². The molecule has 0 saturated heterocycles. The Labute approximate surface area is 87.0 Å². The van der Waals surface area contributed by atoms with E-state index in [4.69, 9.17) is 5.73 Å². The van der Waals surface area contributed by atoms with Gasteiger partial charge in [0.1, 0.15) is 0 Å². The molecule has 0 aliphatic rings. The molecule has 0 bridgehead atoms. The van der Waals surface area contributed by atoms with E-state index in [0.717, 1.165) is 0 Å². The molecule has 1 radical (unpaired) electrons. The van der Waals surface area contributed by atoms with E-state index in [1.54, 1.807) is 0 Å². The van der Waals surface area contributed by atoms with E-state index < -0.39 is 17.9 Å². The number of thiol groups is 1. The van der Waals surface area contributed by atoms with Crippen molar-refractivity contribution >= 4 is 30.7 Å². The maximum Gasteiger partial charge on any atom is 0.239 e. The summed E-state index contributed by atoms with van der Waals surface area (Å²) in [5.41, 5.74) is 5.32. The Morgan fingerprint density at radius 2 is 2.07 bits per heavy atom. The molecule has 79 valence electrons. The number of nitrogens with one attached hydrogen (secondary N) is 2. The normalized spacial score (nSPS) is 11.6. The van der Waals surface area contributed by atoms with Crippen LogP contribution in [0.15, 0.2) is 0 Å². The summed E-state index contributed by atoms with van der Waals surface area (Å²) in [7, 11) is 0. The average Bonchev–Trinajstić information content (AvgIpc) is 2.21. The lowest BCUT2D eigenvalue weighted by Crippen LogP contribution is -2.45. The van der Waals surface area contributed by atoms with Gasteiger partial charge in [0.05, 0.1) is 19.1 Å². The van der Waals surface area contributed by atoms with Crippen molar-refractivity contribution in [3.05, 3.63) is 0 Å². The third-order valence-electron chi connectivity index (χ3n) is 1.31. The molecule has 0 unspecified atom stereocenters. The monoisotopic (exact) mass is 218 g/mol. The summed E-state index contributed by atoms with van der Waals surface area (Å²) in [5, 5.41) is 4.49. The lowest BCUT2D eigenvalue weighted by atomic mass is 10.3. The van der Waals surface area contributed by atoms with Gasteiger partial charge in [0.25, 0.3) is 0 Å². The van der Waals surface area contributed by atoms with Gasteiger partial charge in [-0.1, -0.05) is 0 Å². The summed E-state index contributed by atoms with van der Waals surface area (Å²) in [6.45, 7) is -0.394. The maximum atomic E-state index is 11.0. The highest BCUT2D eigenvalue weighted by molar-refractivity contribution is 7.80. The second-order valence-corrected chi connectivity index (χ2v) is 2.79. The molecular weight excluding hydrogens is 206 g/mol. The molecule has 14 heavy (non-hydrogen) atoms. The summed E-state index contributed by atoms with van der Waals surface area (Å²) in [6.07, 6.45) is 1.49. The molecule has 4 N–H and O–H groups in total. The number of nitrogens with two attached hydrogens (primary N) is 1. The van der Waals surface area contributed by atoms with Crippen LogP contribution in [-0.4, -0.2) is 43.0 Å². The smallest absolute Gasteiger partial charge is 0.239 e. The second kappa shape index (κ2) is 7.34. The molecule has 0 aliphatic carbocycles. The van der Waals surface area contributed by atoms with Crippen LogP contribution in [0.3, 0.4) is 0 Å². The van der Waals surface area contributed by atoms with E-state index in [-0.39, 0.29) is 18.8 Å². The summed E-state index contributed by atoms with van der Waals surface area (Å²) >= 11 is 3.82. The number of rotatable bonds is 6. The van der Waals surface area contributed by atoms with Gasteiger partial charge >= 0.3 is 0 Å². The fourth-order valence-corrected chi connectivity index (χ4v) is 0.744. The Balaban J connectivity index is 3.66. The van der Waals surface area contributed by atoms with Crippen molar-refractivity contribution in [3.63, 3.8) is 0 Å². The fraction of sp³-hybridized carbons (Fsp3) is 0.571. The van der Waals surface area contributed by atoms with Crippen LogP contribution in [0.1, 0.15) is 0 Å². The lowest BCUT2D eigenvalue weighted by molar-refractivity contribution is -0.126. The van der Waals surface area contributed by atoms with Crippen LogP contribution in [-0.2, 0) is 14.4 Å². The topological polar surface area (TPSA) is 101 Å². The van der Waals surface area contributed by atoms with Crippen molar-refractivity contribution in [2.24, 2.45) is 5.73 Å². The predicted molar refractivity (Wildman–Crippen MR) is 53.5 cm³/mol. The zero-order chi connectivity index (χ0) is 11.0. The van der Waals surface area contributed by atoms with Crippen molar-refractivity contribution in [1.82, 2.24) is 10.6 Å². The van der Waals surface area contributed by atoms with Crippen LogP contribution >= 0.6 is 12.6 Å². The minimum absolute atomic E-state index is 0.187. The highest BCUT2D eigenvalue weighted by Gasteiger charge is 2.11. The summed E-state index contributed by atoms with van der Waals surface area (Å²) in [5.74, 6) is -0.714. The molecule has 0 spiro atoms. The number of hydrogen-bond donors (Lipinski definition) is 4. The van der Waals surface area contributed by atoms with Crippen LogP contribution in [0.5, 0.6) is 0 Å². The van der Waals surface area contributed by atoms with Gasteiger partial charge in [-0.3, -0.25) is 14.4 Å². The van der Waals surface area contributed by atoms with Crippen LogP contribution in [0.2, 0.25) is 0 Å². The molecule has 6 nitrogen and oxygen atoms in total. The first-order chi connectivity index (χ1) is 6.61. The van der Waals surface area contributed by atoms with E-state index in [0.29, 0.717) is 0 Å². The molecule has 0 rings (SSSR count). The maximum absolute atomic E-state index is 11.0. The number of amides is 2. The molecule has 2 amide bonds. The Kier molecular flexibility index (Phi) is 6.77. The zero-order valence-corrected chi connectivity index (χ0v) is 8.34. The Morgan fingerprint density at radius 1 is 1.43 bits per heavy atom. The van der Waals surface area contributed by atoms with Gasteiger partial charge in [0.15, 0.2) is 0 Å². The summed E-state index contributed by atoms with van der Waals surface area (Å²) in [4.78, 5) is 31.6. The summed E-state index contributed by atoms with van der Waals surface area (Å²) in [6, 6.07) is -0.733. The Bertz CT molecular complexity index is 222. The number of carbonyl (C=O) groups is 2. The first kappa shape index (κ1) is 12.9. The van der Waals surface area contributed by atoms with Crippen molar-refractivity contribution in [1.29, 1.82) is 0 Å². The second-order valence-electron chi connectivity index (χ2n) is 2.43. The van der Waals surface area contributed by atoms with Crippen LogP contribution in [0.4, 0.5) is 0 Å². The van der Waals surface area contributed by atoms with Crippen molar-refractivity contribution in [2.75, 3.05) is 18.8 Å². The molecule has 0 fully saturated rings. The Hall–Kier alpha value is -1.08. The molecule has 0 heterocycles. The van der Waals surface area contributed by atoms with Crippen LogP contribution in [0.25, 0.3) is 0 Å². The predicted octanol–water partition coefficient (Wildman–Crippen LogP) is -2.41. The minimum atomic E-state index is -0.733. The van der Waals surface area contributed by atoms with Crippen molar-refractivity contribution in [3.8, 4) is 0 Å². The Morgan fingerprint density at radius 3 is 2.57 bits per heavy atom. The van der Waals surface area contributed by atoms with E-state index in [1.807, 2.05) is 0 Å². The quantitative estimate of drug-likeness (QED) is 0.373. The van der Waals surface area contributed by atoms with Gasteiger partial charge < -0.3 is 16.4 Å². The van der Waals surface area contributed by atoms with Gasteiger partial charge in [-0.15, -0.1) is 0 Å². The summed E-state index contributed by atoms with van der Waals surface area (Å²) < 4.78 is 0. The molecule has 0 saturated carbocycles. The van der Waals surface area contributed by atoms with Gasteiger partial charge in [0.2, 0.25) is 18.1 Å². The van der Waals surface area contributed by atoms with Gasteiger partial charge in [0, 0.05) is 5.75 Å². The standard InChI is InChI=1S/C7H12N3O3S/c8-5(4-14)7(13)10-3-6(12)9-1-2-11/h5,14H,1,3-4,8H2,(H,9,12)(H,10,13)/t5-/m0/s1. The van der Waals surface area contributed by atoms with E-state index in [1.165, 1.54) is 6.29 Å². The highest BCUT2D eigenvalue weighted by Crippen LogP contribution is 1.82. The largest absolute Gasteiger partial charge is 0.347 e. The lowest BCUT2D eigenvalue weighted by Gasteiger charge is -2.08. The molecule has 7 heteroatoms. The average molecular weight is 218 g/mol. The van der Waals surface area contributed by atoms with E-state index in [9.17, 15) is 14.4 Å². The van der Waals surface area contributed by atoms with E-state index >= 15 is 0 Å². The first-order valence-corrected chi connectivity index (χ1v) is 4.51. The highest BCUT2D eigenvalue weighted by atomic mass is 32.1. The van der Waals surface area contributed by atoms with Gasteiger partial charge in [-0.25, -0.2) is 0 Å².